The summed E-state index contributed by atoms with van der Waals surface area (Å²) in [5, 5.41) is 20.5. The van der Waals surface area contributed by atoms with Crippen LogP contribution in [0, 0.1) is 0 Å². The molecule has 0 saturated heterocycles. The van der Waals surface area contributed by atoms with E-state index in [0.29, 0.717) is 12.5 Å². The Kier molecular flexibility index (Phi) is 4.35. The molecule has 0 aliphatic heterocycles. The van der Waals surface area contributed by atoms with Crippen LogP contribution in [0.5, 0.6) is 0 Å². The third-order valence-corrected chi connectivity index (χ3v) is 4.36. The zero-order valence-corrected chi connectivity index (χ0v) is 14.9. The minimum Gasteiger partial charge on any atom is -0.378 e. The Balaban J connectivity index is 1.60. The molecule has 0 spiro atoms. The Hall–Kier alpha value is -3.22. The van der Waals surface area contributed by atoms with Crippen molar-refractivity contribution in [2.75, 3.05) is 5.32 Å². The number of anilines is 1. The zero-order chi connectivity index (χ0) is 17.9. The molecule has 0 radical (unpaired) electrons. The van der Waals surface area contributed by atoms with Gasteiger partial charge in [-0.1, -0.05) is 38.1 Å². The lowest BCUT2D eigenvalue weighted by atomic mass is 10.1. The smallest absolute Gasteiger partial charge is 0.200 e. The van der Waals surface area contributed by atoms with E-state index in [4.69, 9.17) is 0 Å². The molecule has 132 valence electrons. The van der Waals surface area contributed by atoms with Gasteiger partial charge in [0, 0.05) is 18.9 Å². The predicted octanol–water partition coefficient (Wildman–Crippen LogP) is 3.10. The van der Waals surface area contributed by atoms with E-state index in [-0.39, 0.29) is 0 Å². The number of benzene rings is 1. The number of nitrogens with one attached hydrogen (secondary N) is 1. The molecule has 0 fully saturated rings. The van der Waals surface area contributed by atoms with Gasteiger partial charge in [0.1, 0.15) is 6.33 Å². The first-order valence-electron chi connectivity index (χ1n) is 8.70. The first kappa shape index (κ1) is 16.3. The van der Waals surface area contributed by atoms with Gasteiger partial charge in [-0.15, -0.1) is 10.2 Å². The lowest BCUT2D eigenvalue weighted by Gasteiger charge is -2.13. The quantitative estimate of drug-likeness (QED) is 0.580. The molecular weight excluding hydrogens is 326 g/mol. The highest BCUT2D eigenvalue weighted by Gasteiger charge is 2.11. The third-order valence-electron chi connectivity index (χ3n) is 4.36. The average Bonchev–Trinajstić information content (AvgIpc) is 3.32. The largest absolute Gasteiger partial charge is 0.378 e. The van der Waals surface area contributed by atoms with Crippen molar-refractivity contribution in [1.29, 1.82) is 0 Å². The van der Waals surface area contributed by atoms with E-state index < -0.39 is 0 Å². The van der Waals surface area contributed by atoms with Gasteiger partial charge in [0.2, 0.25) is 5.65 Å². The van der Waals surface area contributed by atoms with Crippen molar-refractivity contribution in [3.63, 3.8) is 0 Å². The summed E-state index contributed by atoms with van der Waals surface area (Å²) in [5.41, 5.74) is 5.14. The van der Waals surface area contributed by atoms with E-state index in [2.05, 4.69) is 69.9 Å². The van der Waals surface area contributed by atoms with Crippen molar-refractivity contribution in [3.05, 3.63) is 71.9 Å². The number of aromatic nitrogens is 6. The van der Waals surface area contributed by atoms with Crippen LogP contribution in [0.1, 0.15) is 36.6 Å². The molecule has 0 aliphatic carbocycles. The molecule has 0 amide bonds. The van der Waals surface area contributed by atoms with Crippen molar-refractivity contribution in [1.82, 2.24) is 29.6 Å². The standard InChI is InChI=1S/C19H21N7/c1-14(2)17-10-18(19-23-21-13-26(19)24-17)20-11-15-6-3-4-7-16(15)12-25-9-5-8-22-25/h3-10,13-14,20H,11-12H2,1-2H3. The summed E-state index contributed by atoms with van der Waals surface area (Å²) in [5.74, 6) is 0.328. The normalized spacial score (nSPS) is 11.3. The van der Waals surface area contributed by atoms with Gasteiger partial charge in [-0.25, -0.2) is 0 Å². The van der Waals surface area contributed by atoms with Gasteiger partial charge in [-0.3, -0.25) is 4.68 Å². The van der Waals surface area contributed by atoms with Gasteiger partial charge in [-0.05, 0) is 29.2 Å². The lowest BCUT2D eigenvalue weighted by molar-refractivity contribution is 0.682. The molecule has 0 bridgehead atoms. The van der Waals surface area contributed by atoms with Crippen molar-refractivity contribution in [2.45, 2.75) is 32.9 Å². The van der Waals surface area contributed by atoms with E-state index in [9.17, 15) is 0 Å². The Morgan fingerprint density at radius 3 is 2.73 bits per heavy atom. The molecule has 26 heavy (non-hydrogen) atoms. The first-order chi connectivity index (χ1) is 12.7. The van der Waals surface area contributed by atoms with E-state index in [1.54, 1.807) is 17.0 Å². The number of hydrogen-bond acceptors (Lipinski definition) is 5. The number of rotatable bonds is 6. The second-order valence-corrected chi connectivity index (χ2v) is 6.56. The van der Waals surface area contributed by atoms with Gasteiger partial charge < -0.3 is 5.32 Å². The number of nitrogens with zero attached hydrogens (tertiary/aromatic N) is 6. The Bertz CT molecular complexity index is 1000. The molecule has 1 N–H and O–H groups in total. The summed E-state index contributed by atoms with van der Waals surface area (Å²) >= 11 is 0. The molecular formula is C19H21N7. The van der Waals surface area contributed by atoms with E-state index in [1.165, 1.54) is 11.1 Å². The topological polar surface area (TPSA) is 72.9 Å². The van der Waals surface area contributed by atoms with Crippen LogP contribution in [0.3, 0.4) is 0 Å². The second-order valence-electron chi connectivity index (χ2n) is 6.56. The molecule has 7 nitrogen and oxygen atoms in total. The van der Waals surface area contributed by atoms with E-state index in [0.717, 1.165) is 23.6 Å². The van der Waals surface area contributed by atoms with Crippen LogP contribution in [-0.2, 0) is 13.1 Å². The maximum Gasteiger partial charge on any atom is 0.200 e. The summed E-state index contributed by atoms with van der Waals surface area (Å²) in [6.45, 7) is 5.70. The van der Waals surface area contributed by atoms with Crippen LogP contribution in [0.4, 0.5) is 5.69 Å². The van der Waals surface area contributed by atoms with Gasteiger partial charge in [0.05, 0.1) is 17.9 Å². The van der Waals surface area contributed by atoms with Crippen LogP contribution in [0.2, 0.25) is 0 Å². The summed E-state index contributed by atoms with van der Waals surface area (Å²) in [6, 6.07) is 12.4. The van der Waals surface area contributed by atoms with Gasteiger partial charge in [-0.2, -0.15) is 14.7 Å². The molecule has 0 saturated carbocycles. The van der Waals surface area contributed by atoms with Crippen molar-refractivity contribution in [2.24, 2.45) is 0 Å². The monoisotopic (exact) mass is 347 g/mol. The average molecular weight is 347 g/mol. The summed E-state index contributed by atoms with van der Waals surface area (Å²) in [4.78, 5) is 0. The van der Waals surface area contributed by atoms with E-state index in [1.807, 2.05) is 16.9 Å². The molecule has 3 heterocycles. The zero-order valence-electron chi connectivity index (χ0n) is 14.9. The van der Waals surface area contributed by atoms with Crippen molar-refractivity contribution in [3.8, 4) is 0 Å². The molecule has 1 aromatic carbocycles. The summed E-state index contributed by atoms with van der Waals surface area (Å²) in [6.07, 6.45) is 5.41. The highest BCUT2D eigenvalue weighted by molar-refractivity contribution is 5.66. The van der Waals surface area contributed by atoms with Crippen molar-refractivity contribution >= 4 is 11.3 Å². The molecule has 4 aromatic rings. The van der Waals surface area contributed by atoms with E-state index >= 15 is 0 Å². The second kappa shape index (κ2) is 6.95. The van der Waals surface area contributed by atoms with Crippen LogP contribution < -0.4 is 5.32 Å². The Labute approximate surface area is 151 Å². The number of hydrogen-bond donors (Lipinski definition) is 1. The summed E-state index contributed by atoms with van der Waals surface area (Å²) in [7, 11) is 0. The molecule has 4 rings (SSSR count). The van der Waals surface area contributed by atoms with Gasteiger partial charge >= 0.3 is 0 Å². The van der Waals surface area contributed by atoms with Crippen LogP contribution in [0.25, 0.3) is 5.65 Å². The highest BCUT2D eigenvalue weighted by atomic mass is 15.3. The molecule has 0 aliphatic rings. The van der Waals surface area contributed by atoms with Crippen molar-refractivity contribution < 1.29 is 0 Å². The highest BCUT2D eigenvalue weighted by Crippen LogP contribution is 2.21. The lowest BCUT2D eigenvalue weighted by Crippen LogP contribution is -2.09. The maximum absolute atomic E-state index is 4.56. The van der Waals surface area contributed by atoms with Crippen LogP contribution in [-0.4, -0.2) is 29.6 Å². The first-order valence-corrected chi connectivity index (χ1v) is 8.70. The predicted molar refractivity (Wildman–Crippen MR) is 100.0 cm³/mol. The third kappa shape index (κ3) is 3.28. The van der Waals surface area contributed by atoms with Crippen LogP contribution >= 0.6 is 0 Å². The fourth-order valence-electron chi connectivity index (χ4n) is 2.90. The Morgan fingerprint density at radius 1 is 1.12 bits per heavy atom. The minimum absolute atomic E-state index is 0.328. The minimum atomic E-state index is 0.328. The fraction of sp³-hybridized carbons (Fsp3) is 0.263. The molecule has 7 heteroatoms. The molecule has 0 atom stereocenters. The van der Waals surface area contributed by atoms with Gasteiger partial charge in [0.15, 0.2) is 0 Å². The molecule has 3 aromatic heterocycles. The van der Waals surface area contributed by atoms with Crippen LogP contribution in [0.15, 0.2) is 55.1 Å². The molecule has 0 unspecified atom stereocenters. The SMILES string of the molecule is CC(C)c1cc(NCc2ccccc2Cn2cccn2)c2nncn2n1. The number of fused-ring (bicyclic) bond motifs is 1. The maximum atomic E-state index is 4.56. The van der Waals surface area contributed by atoms with Gasteiger partial charge in [0.25, 0.3) is 0 Å². The summed E-state index contributed by atoms with van der Waals surface area (Å²) < 4.78 is 3.66. The fourth-order valence-corrected chi connectivity index (χ4v) is 2.90. The Morgan fingerprint density at radius 2 is 1.96 bits per heavy atom.